The maximum atomic E-state index is 11.3. The molecule has 0 bridgehead atoms. The lowest BCUT2D eigenvalue weighted by molar-refractivity contribution is -0.140. The number of ether oxygens (including phenoxy) is 2. The molecule has 0 saturated heterocycles. The van der Waals surface area contributed by atoms with Crippen molar-refractivity contribution >= 4 is 5.97 Å². The number of benzene rings is 1. The van der Waals surface area contributed by atoms with Crippen molar-refractivity contribution in [2.45, 2.75) is 96.5 Å². The molecule has 1 heterocycles. The molecule has 30 heavy (non-hydrogen) atoms. The van der Waals surface area contributed by atoms with E-state index in [9.17, 15) is 9.90 Å². The number of aromatic hydroxyl groups is 1. The summed E-state index contributed by atoms with van der Waals surface area (Å²) in [5.41, 5.74) is 3.17. The zero-order valence-corrected chi connectivity index (χ0v) is 19.5. The Labute approximate surface area is 181 Å². The zero-order chi connectivity index (χ0) is 22.1. The number of fused-ring (bicyclic) bond motifs is 3. The highest BCUT2D eigenvalue weighted by Gasteiger charge is 2.46. The summed E-state index contributed by atoms with van der Waals surface area (Å²) in [6.07, 6.45) is 8.66. The van der Waals surface area contributed by atoms with E-state index >= 15 is 0 Å². The molecule has 0 saturated carbocycles. The summed E-state index contributed by atoms with van der Waals surface area (Å²) in [7, 11) is 1.44. The highest BCUT2D eigenvalue weighted by Crippen LogP contribution is 2.54. The van der Waals surface area contributed by atoms with Crippen molar-refractivity contribution in [3.63, 3.8) is 0 Å². The van der Waals surface area contributed by atoms with Crippen molar-refractivity contribution < 1.29 is 19.4 Å². The van der Waals surface area contributed by atoms with Gasteiger partial charge in [-0.1, -0.05) is 38.3 Å². The van der Waals surface area contributed by atoms with Gasteiger partial charge in [-0.2, -0.15) is 0 Å². The molecular formula is C26H38O4. The van der Waals surface area contributed by atoms with Gasteiger partial charge in [-0.05, 0) is 69.6 Å². The van der Waals surface area contributed by atoms with Crippen LogP contribution in [0.4, 0.5) is 0 Å². The minimum atomic E-state index is -0.252. The fourth-order valence-electron chi connectivity index (χ4n) is 5.21. The predicted octanol–water partition coefficient (Wildman–Crippen LogP) is 6.40. The molecule has 166 valence electrons. The Hall–Kier alpha value is -1.97. The SMILES string of the molecule is COC(=O)CCCCCC(C)(C)c1cc(O)c2c(c1)OC(C)(C)[C@@H]1CC=C(C)CC21. The molecule has 1 aliphatic carbocycles. The summed E-state index contributed by atoms with van der Waals surface area (Å²) < 4.78 is 11.2. The number of hydrogen-bond acceptors (Lipinski definition) is 4. The minimum Gasteiger partial charge on any atom is -0.508 e. The van der Waals surface area contributed by atoms with Gasteiger partial charge in [0.1, 0.15) is 17.1 Å². The molecule has 1 unspecified atom stereocenters. The summed E-state index contributed by atoms with van der Waals surface area (Å²) in [4.78, 5) is 11.3. The van der Waals surface area contributed by atoms with Crippen LogP contribution in [0.5, 0.6) is 11.5 Å². The lowest BCUT2D eigenvalue weighted by Gasteiger charge is -2.47. The van der Waals surface area contributed by atoms with Gasteiger partial charge in [0.2, 0.25) is 0 Å². The fraction of sp³-hybridized carbons (Fsp3) is 0.654. The number of phenolic OH excluding ortho intramolecular Hbond substituents is 1. The third kappa shape index (κ3) is 4.68. The third-order valence-electron chi connectivity index (χ3n) is 7.20. The van der Waals surface area contributed by atoms with Gasteiger partial charge in [0.05, 0.1) is 7.11 Å². The zero-order valence-electron chi connectivity index (χ0n) is 19.5. The van der Waals surface area contributed by atoms with Crippen LogP contribution >= 0.6 is 0 Å². The van der Waals surface area contributed by atoms with Gasteiger partial charge >= 0.3 is 5.97 Å². The Kier molecular flexibility index (Phi) is 6.54. The molecule has 4 heteroatoms. The number of allylic oxidation sites excluding steroid dienone is 2. The smallest absolute Gasteiger partial charge is 0.305 e. The summed E-state index contributed by atoms with van der Waals surface area (Å²) >= 11 is 0. The van der Waals surface area contributed by atoms with Gasteiger partial charge in [-0.25, -0.2) is 0 Å². The second-order valence-corrected chi connectivity index (χ2v) is 10.3. The molecule has 1 aromatic carbocycles. The number of rotatable bonds is 7. The molecule has 0 fully saturated rings. The van der Waals surface area contributed by atoms with Gasteiger partial charge in [0.15, 0.2) is 0 Å². The van der Waals surface area contributed by atoms with E-state index in [1.54, 1.807) is 0 Å². The highest BCUT2D eigenvalue weighted by atomic mass is 16.5. The number of carbonyl (C=O) groups excluding carboxylic acids is 1. The maximum Gasteiger partial charge on any atom is 0.305 e. The highest BCUT2D eigenvalue weighted by molar-refractivity contribution is 5.68. The van der Waals surface area contributed by atoms with E-state index in [1.165, 1.54) is 12.7 Å². The first-order valence-electron chi connectivity index (χ1n) is 11.3. The number of phenols is 1. The number of unbranched alkanes of at least 4 members (excludes halogenated alkanes) is 2. The minimum absolute atomic E-state index is 0.0789. The van der Waals surface area contributed by atoms with Crippen molar-refractivity contribution in [2.24, 2.45) is 5.92 Å². The van der Waals surface area contributed by atoms with Gasteiger partial charge < -0.3 is 14.6 Å². The number of hydrogen-bond donors (Lipinski definition) is 1. The standard InChI is InChI=1S/C26H38O4/c1-17-11-12-20-19(14-17)24-21(27)15-18(16-22(24)30-26(20,4)5)25(2,3)13-9-7-8-10-23(28)29-6/h11,15-16,19-20,27H,7-10,12-14H2,1-6H3/t19?,20-/m1/s1. The van der Waals surface area contributed by atoms with E-state index in [0.29, 0.717) is 24.0 Å². The van der Waals surface area contributed by atoms with Crippen LogP contribution in [0.25, 0.3) is 0 Å². The Morgan fingerprint density at radius 3 is 2.70 bits per heavy atom. The topological polar surface area (TPSA) is 55.8 Å². The van der Waals surface area contributed by atoms with Crippen LogP contribution in [0.3, 0.4) is 0 Å². The van der Waals surface area contributed by atoms with Gasteiger partial charge in [0.25, 0.3) is 0 Å². The molecule has 0 spiro atoms. The summed E-state index contributed by atoms with van der Waals surface area (Å²) in [5.74, 6) is 1.78. The number of methoxy groups -OCH3 is 1. The van der Waals surface area contributed by atoms with Gasteiger partial charge in [0, 0.05) is 23.8 Å². The van der Waals surface area contributed by atoms with E-state index in [-0.39, 0.29) is 17.0 Å². The van der Waals surface area contributed by atoms with Crippen LogP contribution in [-0.2, 0) is 14.9 Å². The normalized spacial score (nSPS) is 22.4. The average molecular weight is 415 g/mol. The monoisotopic (exact) mass is 414 g/mol. The van der Waals surface area contributed by atoms with Crippen LogP contribution in [-0.4, -0.2) is 23.8 Å². The Morgan fingerprint density at radius 1 is 1.27 bits per heavy atom. The lowest BCUT2D eigenvalue weighted by Crippen LogP contribution is -2.45. The molecular weight excluding hydrogens is 376 g/mol. The molecule has 1 aliphatic heterocycles. The molecule has 0 radical (unpaired) electrons. The molecule has 0 aromatic heterocycles. The van der Waals surface area contributed by atoms with Gasteiger partial charge in [-0.3, -0.25) is 4.79 Å². The van der Waals surface area contributed by atoms with Crippen molar-refractivity contribution in [2.75, 3.05) is 7.11 Å². The van der Waals surface area contributed by atoms with Crippen molar-refractivity contribution in [3.8, 4) is 11.5 Å². The number of carbonyl (C=O) groups is 1. The van der Waals surface area contributed by atoms with Gasteiger partial charge in [-0.15, -0.1) is 0 Å². The van der Waals surface area contributed by atoms with Crippen LogP contribution in [0.15, 0.2) is 23.8 Å². The first-order chi connectivity index (χ1) is 14.0. The van der Waals surface area contributed by atoms with E-state index in [4.69, 9.17) is 9.47 Å². The van der Waals surface area contributed by atoms with Crippen LogP contribution in [0.1, 0.15) is 96.6 Å². The van der Waals surface area contributed by atoms with E-state index in [1.807, 2.05) is 6.07 Å². The maximum absolute atomic E-state index is 11.3. The van der Waals surface area contributed by atoms with Crippen LogP contribution < -0.4 is 4.74 Å². The second kappa shape index (κ2) is 8.64. The number of esters is 1. The van der Waals surface area contributed by atoms with Crippen molar-refractivity contribution in [1.82, 2.24) is 0 Å². The Morgan fingerprint density at radius 2 is 2.00 bits per heavy atom. The molecule has 2 aliphatic rings. The first-order valence-corrected chi connectivity index (χ1v) is 11.3. The van der Waals surface area contributed by atoms with Crippen LogP contribution in [0, 0.1) is 5.92 Å². The summed E-state index contributed by atoms with van der Waals surface area (Å²) in [6, 6.07) is 4.12. The van der Waals surface area contributed by atoms with Crippen molar-refractivity contribution in [3.05, 3.63) is 34.9 Å². The van der Waals surface area contributed by atoms with E-state index in [2.05, 4.69) is 46.8 Å². The first kappa shape index (κ1) is 22.7. The van der Waals surface area contributed by atoms with E-state index in [0.717, 1.165) is 55.4 Å². The summed E-state index contributed by atoms with van der Waals surface area (Å²) in [5, 5.41) is 11.0. The Balaban J connectivity index is 1.78. The second-order valence-electron chi connectivity index (χ2n) is 10.3. The lowest BCUT2D eigenvalue weighted by atomic mass is 9.66. The molecule has 1 N–H and O–H groups in total. The predicted molar refractivity (Wildman–Crippen MR) is 120 cm³/mol. The average Bonchev–Trinajstić information content (AvgIpc) is 2.66. The molecule has 0 amide bonds. The largest absolute Gasteiger partial charge is 0.508 e. The molecule has 2 atom stereocenters. The summed E-state index contributed by atoms with van der Waals surface area (Å²) in [6.45, 7) is 11.0. The van der Waals surface area contributed by atoms with E-state index < -0.39 is 0 Å². The molecule has 4 nitrogen and oxygen atoms in total. The van der Waals surface area contributed by atoms with Crippen molar-refractivity contribution in [1.29, 1.82) is 0 Å². The third-order valence-corrected chi connectivity index (χ3v) is 7.20. The Bertz CT molecular complexity index is 819. The van der Waals surface area contributed by atoms with Crippen LogP contribution in [0.2, 0.25) is 0 Å². The fourth-order valence-corrected chi connectivity index (χ4v) is 5.21. The molecule has 1 aromatic rings. The molecule has 3 rings (SSSR count). The quantitative estimate of drug-likeness (QED) is 0.318.